The van der Waals surface area contributed by atoms with Gasteiger partial charge in [-0.05, 0) is 24.6 Å². The molecule has 2 rings (SSSR count). The van der Waals surface area contributed by atoms with Crippen molar-refractivity contribution in [2.45, 2.75) is 25.9 Å². The van der Waals surface area contributed by atoms with Crippen molar-refractivity contribution in [1.29, 1.82) is 0 Å². The number of alkyl halides is 3. The van der Waals surface area contributed by atoms with Gasteiger partial charge < -0.3 is 15.1 Å². The molecule has 1 aliphatic rings. The number of rotatable bonds is 4. The highest BCUT2D eigenvalue weighted by atomic mass is 35.5. The molecule has 0 unspecified atom stereocenters. The molecule has 1 aromatic carbocycles. The van der Waals surface area contributed by atoms with E-state index >= 15 is 0 Å². The fourth-order valence-corrected chi connectivity index (χ4v) is 2.80. The van der Waals surface area contributed by atoms with E-state index in [1.165, 1.54) is 6.07 Å². The number of hydrogen-bond donors (Lipinski definition) is 1. The Bertz CT molecular complexity index is 572. The van der Waals surface area contributed by atoms with Crippen molar-refractivity contribution in [3.05, 3.63) is 28.8 Å². The smallest absolute Gasteiger partial charge is 0.367 e. The molecule has 0 aromatic heterocycles. The Kier molecular flexibility index (Phi) is 6.21. The molecule has 1 fully saturated rings. The van der Waals surface area contributed by atoms with E-state index in [0.717, 1.165) is 25.0 Å². The lowest BCUT2D eigenvalue weighted by atomic mass is 10.1. The van der Waals surface area contributed by atoms with Crippen LogP contribution in [-0.2, 0) is 6.18 Å². The number of hydrogen-bond acceptors (Lipinski definition) is 2. The van der Waals surface area contributed by atoms with Gasteiger partial charge in [0, 0.05) is 32.7 Å². The third kappa shape index (κ3) is 4.69. The normalized spacial score (nSPS) is 15.5. The van der Waals surface area contributed by atoms with Crippen molar-refractivity contribution in [1.82, 2.24) is 10.2 Å². The summed E-state index contributed by atoms with van der Waals surface area (Å²) in [6.45, 7) is 4.47. The first kappa shape index (κ1) is 18.7. The number of carbonyl (C=O) groups excluding carboxylic acids is 1. The molecule has 24 heavy (non-hydrogen) atoms. The minimum absolute atomic E-state index is 0.127. The van der Waals surface area contributed by atoms with Crippen LogP contribution in [0.3, 0.4) is 0 Å². The molecule has 0 saturated carbocycles. The Morgan fingerprint density at radius 1 is 1.25 bits per heavy atom. The number of piperazine rings is 1. The van der Waals surface area contributed by atoms with Gasteiger partial charge >= 0.3 is 12.2 Å². The lowest BCUT2D eigenvalue weighted by molar-refractivity contribution is -0.137. The summed E-state index contributed by atoms with van der Waals surface area (Å²) in [6, 6.07) is 3.18. The summed E-state index contributed by atoms with van der Waals surface area (Å²) >= 11 is 6.06. The zero-order chi connectivity index (χ0) is 17.7. The van der Waals surface area contributed by atoms with Crippen LogP contribution in [0.2, 0.25) is 5.02 Å². The number of unbranched alkanes of at least 4 members (excludes halogenated alkanes) is 1. The molecular formula is C16H21ClF3N3O. The second kappa shape index (κ2) is 7.96. The van der Waals surface area contributed by atoms with Crippen LogP contribution in [0.15, 0.2) is 18.2 Å². The van der Waals surface area contributed by atoms with Crippen molar-refractivity contribution < 1.29 is 18.0 Å². The van der Waals surface area contributed by atoms with Gasteiger partial charge in [0.05, 0.1) is 16.3 Å². The van der Waals surface area contributed by atoms with Gasteiger partial charge in [0.15, 0.2) is 0 Å². The number of carbonyl (C=O) groups is 1. The lowest BCUT2D eigenvalue weighted by Crippen LogP contribution is -2.52. The predicted molar refractivity (Wildman–Crippen MR) is 88.5 cm³/mol. The van der Waals surface area contributed by atoms with E-state index < -0.39 is 11.7 Å². The second-order valence-electron chi connectivity index (χ2n) is 5.72. The quantitative estimate of drug-likeness (QED) is 0.821. The molecular weight excluding hydrogens is 343 g/mol. The fourth-order valence-electron chi connectivity index (χ4n) is 2.57. The van der Waals surface area contributed by atoms with Crippen molar-refractivity contribution in [3.8, 4) is 0 Å². The average molecular weight is 364 g/mol. The van der Waals surface area contributed by atoms with Crippen molar-refractivity contribution in [2.75, 3.05) is 37.6 Å². The number of nitrogens with one attached hydrogen (secondary N) is 1. The van der Waals surface area contributed by atoms with Gasteiger partial charge in [-0.3, -0.25) is 0 Å². The summed E-state index contributed by atoms with van der Waals surface area (Å²) in [5.74, 6) is 0. The van der Waals surface area contributed by atoms with Crippen molar-refractivity contribution >= 4 is 23.3 Å². The first-order valence-corrected chi connectivity index (χ1v) is 8.35. The number of nitrogens with zero attached hydrogens (tertiary/aromatic N) is 2. The Labute approximate surface area is 144 Å². The zero-order valence-electron chi connectivity index (χ0n) is 13.5. The topological polar surface area (TPSA) is 35.6 Å². The zero-order valence-corrected chi connectivity index (χ0v) is 14.3. The molecule has 0 radical (unpaired) electrons. The standard InChI is InChI=1S/C16H21ClF3N3O/c1-2-3-6-21-15(24)23-9-7-22(8-10-23)14-11-12(16(18,19)20)4-5-13(14)17/h4-5,11H,2-3,6-10H2,1H3,(H,21,24). The molecule has 134 valence electrons. The Hall–Kier alpha value is -1.63. The maximum Gasteiger partial charge on any atom is 0.416 e. The number of urea groups is 1. The molecule has 1 heterocycles. The minimum atomic E-state index is -4.40. The van der Waals surface area contributed by atoms with Gasteiger partial charge in [-0.25, -0.2) is 4.79 Å². The third-order valence-electron chi connectivity index (χ3n) is 3.99. The first-order chi connectivity index (χ1) is 11.3. The summed E-state index contributed by atoms with van der Waals surface area (Å²) in [5.41, 5.74) is -0.362. The summed E-state index contributed by atoms with van der Waals surface area (Å²) in [7, 11) is 0. The summed E-state index contributed by atoms with van der Waals surface area (Å²) < 4.78 is 38.6. The van der Waals surface area contributed by atoms with Crippen molar-refractivity contribution in [3.63, 3.8) is 0 Å². The van der Waals surface area contributed by atoms with Gasteiger partial charge in [0.25, 0.3) is 0 Å². The molecule has 8 heteroatoms. The predicted octanol–water partition coefficient (Wildman–Crippen LogP) is 3.99. The molecule has 1 N–H and O–H groups in total. The average Bonchev–Trinajstić information content (AvgIpc) is 2.54. The molecule has 1 saturated heterocycles. The first-order valence-electron chi connectivity index (χ1n) is 7.97. The van der Waals surface area contributed by atoms with E-state index in [9.17, 15) is 18.0 Å². The maximum atomic E-state index is 12.9. The highest BCUT2D eigenvalue weighted by Gasteiger charge is 2.32. The van der Waals surface area contributed by atoms with Crippen LogP contribution >= 0.6 is 11.6 Å². The molecule has 0 atom stereocenters. The van der Waals surface area contributed by atoms with Crippen molar-refractivity contribution in [2.24, 2.45) is 0 Å². The van der Waals surface area contributed by atoms with Crippen LogP contribution in [-0.4, -0.2) is 43.7 Å². The molecule has 0 aliphatic carbocycles. The number of halogens is 4. The summed E-state index contributed by atoms with van der Waals surface area (Å²) in [6.07, 6.45) is -2.48. The van der Waals surface area contributed by atoms with E-state index in [1.54, 1.807) is 9.80 Å². The lowest BCUT2D eigenvalue weighted by Gasteiger charge is -2.36. The van der Waals surface area contributed by atoms with Gasteiger partial charge in [-0.2, -0.15) is 13.2 Å². The highest BCUT2D eigenvalue weighted by molar-refractivity contribution is 6.33. The molecule has 1 aromatic rings. The van der Waals surface area contributed by atoms with Gasteiger partial charge in [-0.15, -0.1) is 0 Å². The number of anilines is 1. The largest absolute Gasteiger partial charge is 0.416 e. The van der Waals surface area contributed by atoms with E-state index in [4.69, 9.17) is 11.6 Å². The minimum Gasteiger partial charge on any atom is -0.367 e. The van der Waals surface area contributed by atoms with Gasteiger partial charge in [0.2, 0.25) is 0 Å². The maximum absolute atomic E-state index is 12.9. The van der Waals surface area contributed by atoms with Crippen LogP contribution in [0.4, 0.5) is 23.7 Å². The third-order valence-corrected chi connectivity index (χ3v) is 4.31. The SMILES string of the molecule is CCCCNC(=O)N1CCN(c2cc(C(F)(F)F)ccc2Cl)CC1. The van der Waals surface area contributed by atoms with Gasteiger partial charge in [-0.1, -0.05) is 24.9 Å². The molecule has 1 aliphatic heterocycles. The summed E-state index contributed by atoms with van der Waals surface area (Å²) in [4.78, 5) is 15.4. The van der Waals surface area contributed by atoms with Gasteiger partial charge in [0.1, 0.15) is 0 Å². The second-order valence-corrected chi connectivity index (χ2v) is 6.13. The molecule has 2 amide bonds. The van der Waals surface area contributed by atoms with Crippen LogP contribution in [0.5, 0.6) is 0 Å². The van der Waals surface area contributed by atoms with Crippen LogP contribution in [0.1, 0.15) is 25.3 Å². The number of amides is 2. The van der Waals surface area contributed by atoms with E-state index in [0.29, 0.717) is 38.4 Å². The van der Waals surface area contributed by atoms with Crippen LogP contribution < -0.4 is 10.2 Å². The molecule has 4 nitrogen and oxygen atoms in total. The monoisotopic (exact) mass is 363 g/mol. The Morgan fingerprint density at radius 2 is 1.92 bits per heavy atom. The van der Waals surface area contributed by atoms with Crippen LogP contribution in [0.25, 0.3) is 0 Å². The Balaban J connectivity index is 1.98. The number of benzene rings is 1. The molecule has 0 spiro atoms. The Morgan fingerprint density at radius 3 is 2.50 bits per heavy atom. The van der Waals surface area contributed by atoms with E-state index in [2.05, 4.69) is 5.32 Å². The fraction of sp³-hybridized carbons (Fsp3) is 0.562. The van der Waals surface area contributed by atoms with E-state index in [1.807, 2.05) is 6.92 Å². The molecule has 0 bridgehead atoms. The highest BCUT2D eigenvalue weighted by Crippen LogP contribution is 2.35. The summed E-state index contributed by atoms with van der Waals surface area (Å²) in [5, 5.41) is 3.12. The van der Waals surface area contributed by atoms with E-state index in [-0.39, 0.29) is 11.1 Å². The van der Waals surface area contributed by atoms with Crippen LogP contribution in [0, 0.1) is 0 Å².